The number of fused-ring (bicyclic) bond motifs is 1. The van der Waals surface area contributed by atoms with Crippen molar-refractivity contribution in [3.63, 3.8) is 0 Å². The SMILES string of the molecule is COC(=O)c1ccc(C=NNc2nc3nonc3nc2Nc2ccccc2F)cc1. The lowest BCUT2D eigenvalue weighted by Gasteiger charge is -2.09. The number of nitrogens with one attached hydrogen (secondary N) is 2. The molecular formula is C19H14FN7O3. The second-order valence-electron chi connectivity index (χ2n) is 5.92. The van der Waals surface area contributed by atoms with Crippen molar-refractivity contribution < 1.29 is 18.6 Å². The highest BCUT2D eigenvalue weighted by Crippen LogP contribution is 2.25. The molecule has 0 radical (unpaired) electrons. The van der Waals surface area contributed by atoms with Crippen LogP contribution < -0.4 is 10.7 Å². The molecule has 0 bridgehead atoms. The van der Waals surface area contributed by atoms with Crippen LogP contribution in [0, 0.1) is 5.82 Å². The number of methoxy groups -OCH3 is 1. The number of carbonyl (C=O) groups is 1. The zero-order valence-corrected chi connectivity index (χ0v) is 15.5. The normalized spacial score (nSPS) is 11.0. The molecule has 11 heteroatoms. The molecule has 0 aliphatic heterocycles. The Labute approximate surface area is 168 Å². The number of anilines is 3. The van der Waals surface area contributed by atoms with E-state index in [2.05, 4.69) is 45.5 Å². The van der Waals surface area contributed by atoms with Gasteiger partial charge in [-0.05, 0) is 40.1 Å². The van der Waals surface area contributed by atoms with Gasteiger partial charge in [0, 0.05) is 0 Å². The number of carbonyl (C=O) groups excluding carboxylic acids is 1. The highest BCUT2D eigenvalue weighted by molar-refractivity contribution is 5.90. The number of esters is 1. The van der Waals surface area contributed by atoms with Gasteiger partial charge < -0.3 is 10.1 Å². The highest BCUT2D eigenvalue weighted by atomic mass is 19.1. The highest BCUT2D eigenvalue weighted by Gasteiger charge is 2.14. The van der Waals surface area contributed by atoms with Crippen LogP contribution in [0.5, 0.6) is 0 Å². The Morgan fingerprint density at radius 3 is 2.47 bits per heavy atom. The average Bonchev–Trinajstić information content (AvgIpc) is 3.22. The summed E-state index contributed by atoms with van der Waals surface area (Å²) in [7, 11) is 1.32. The van der Waals surface area contributed by atoms with Gasteiger partial charge in [0.05, 0.1) is 24.6 Å². The van der Waals surface area contributed by atoms with Crippen LogP contribution in [0.15, 0.2) is 58.3 Å². The van der Waals surface area contributed by atoms with Crippen molar-refractivity contribution >= 4 is 40.8 Å². The number of hydrogen-bond acceptors (Lipinski definition) is 10. The van der Waals surface area contributed by atoms with Crippen LogP contribution >= 0.6 is 0 Å². The Balaban J connectivity index is 1.57. The van der Waals surface area contributed by atoms with Gasteiger partial charge in [-0.2, -0.15) is 10.1 Å². The monoisotopic (exact) mass is 407 g/mol. The number of aromatic nitrogens is 4. The molecule has 4 rings (SSSR count). The van der Waals surface area contributed by atoms with Crippen molar-refractivity contribution in [2.45, 2.75) is 0 Å². The lowest BCUT2D eigenvalue weighted by molar-refractivity contribution is 0.0600. The van der Waals surface area contributed by atoms with Crippen molar-refractivity contribution in [3.8, 4) is 0 Å². The Morgan fingerprint density at radius 1 is 1.07 bits per heavy atom. The summed E-state index contributed by atoms with van der Waals surface area (Å²) in [5.74, 6) is -0.520. The quantitative estimate of drug-likeness (QED) is 0.281. The minimum Gasteiger partial charge on any atom is -0.465 e. The molecule has 0 spiro atoms. The summed E-state index contributed by atoms with van der Waals surface area (Å²) in [5, 5.41) is 14.3. The molecule has 2 heterocycles. The van der Waals surface area contributed by atoms with Crippen molar-refractivity contribution in [1.29, 1.82) is 0 Å². The second-order valence-corrected chi connectivity index (χ2v) is 5.92. The van der Waals surface area contributed by atoms with Gasteiger partial charge in [0.15, 0.2) is 11.6 Å². The number of benzene rings is 2. The maximum atomic E-state index is 14.0. The second kappa shape index (κ2) is 8.31. The van der Waals surface area contributed by atoms with Crippen LogP contribution in [0.3, 0.4) is 0 Å². The fraction of sp³-hybridized carbons (Fsp3) is 0.0526. The Morgan fingerprint density at radius 2 is 1.77 bits per heavy atom. The molecule has 0 aliphatic carbocycles. The van der Waals surface area contributed by atoms with E-state index in [0.717, 1.165) is 5.56 Å². The van der Waals surface area contributed by atoms with Gasteiger partial charge in [-0.25, -0.2) is 18.8 Å². The molecule has 2 N–H and O–H groups in total. The third kappa shape index (κ3) is 4.04. The molecule has 0 saturated heterocycles. The zero-order valence-electron chi connectivity index (χ0n) is 15.5. The molecule has 150 valence electrons. The summed E-state index contributed by atoms with van der Waals surface area (Å²) >= 11 is 0. The molecule has 4 aromatic rings. The lowest BCUT2D eigenvalue weighted by atomic mass is 10.1. The molecular weight excluding hydrogens is 393 g/mol. The summed E-state index contributed by atoms with van der Waals surface area (Å²) in [5.41, 5.74) is 4.40. The first kappa shape index (κ1) is 18.9. The Hall–Kier alpha value is -4.41. The van der Waals surface area contributed by atoms with Crippen molar-refractivity contribution in [2.24, 2.45) is 5.10 Å². The third-order valence-corrected chi connectivity index (χ3v) is 3.96. The Kier molecular flexibility index (Phi) is 5.24. The number of ether oxygens (including phenoxy) is 1. The van der Waals surface area contributed by atoms with E-state index in [4.69, 9.17) is 0 Å². The smallest absolute Gasteiger partial charge is 0.337 e. The van der Waals surface area contributed by atoms with Gasteiger partial charge in [-0.1, -0.05) is 24.3 Å². The summed E-state index contributed by atoms with van der Waals surface area (Å²) in [6.45, 7) is 0. The summed E-state index contributed by atoms with van der Waals surface area (Å²) < 4.78 is 23.3. The number of hydrogen-bond donors (Lipinski definition) is 2. The molecule has 10 nitrogen and oxygen atoms in total. The van der Waals surface area contributed by atoms with E-state index < -0.39 is 11.8 Å². The molecule has 0 atom stereocenters. The fourth-order valence-electron chi connectivity index (χ4n) is 2.48. The van der Waals surface area contributed by atoms with Gasteiger partial charge in [0.2, 0.25) is 11.3 Å². The van der Waals surface area contributed by atoms with Crippen LogP contribution in [-0.2, 0) is 4.74 Å². The van der Waals surface area contributed by atoms with Crippen molar-refractivity contribution in [3.05, 3.63) is 65.5 Å². The average molecular weight is 407 g/mol. The van der Waals surface area contributed by atoms with E-state index in [1.807, 2.05) is 0 Å². The van der Waals surface area contributed by atoms with Gasteiger partial charge in [0.25, 0.3) is 0 Å². The van der Waals surface area contributed by atoms with Crippen LogP contribution in [0.25, 0.3) is 11.3 Å². The predicted molar refractivity (Wildman–Crippen MR) is 106 cm³/mol. The minimum absolute atomic E-state index is 0.154. The molecule has 30 heavy (non-hydrogen) atoms. The number of rotatable bonds is 6. The summed E-state index contributed by atoms with van der Waals surface area (Å²) in [4.78, 5) is 20.0. The van der Waals surface area contributed by atoms with E-state index in [9.17, 15) is 9.18 Å². The van der Waals surface area contributed by atoms with Gasteiger partial charge in [0.1, 0.15) is 5.82 Å². The van der Waals surface area contributed by atoms with Crippen LogP contribution in [0.1, 0.15) is 15.9 Å². The third-order valence-electron chi connectivity index (χ3n) is 3.96. The molecule has 2 aromatic heterocycles. The lowest BCUT2D eigenvalue weighted by Crippen LogP contribution is -2.04. The van der Waals surface area contributed by atoms with Crippen molar-refractivity contribution in [2.75, 3.05) is 17.9 Å². The molecule has 0 unspecified atom stereocenters. The summed E-state index contributed by atoms with van der Waals surface area (Å²) in [6, 6.07) is 12.8. The first-order chi connectivity index (χ1) is 14.6. The van der Waals surface area contributed by atoms with Crippen molar-refractivity contribution in [1.82, 2.24) is 20.3 Å². The minimum atomic E-state index is -0.460. The standard InChI is InChI=1S/C19H14FN7O3/c1-29-19(28)12-8-6-11(7-9-12)10-21-25-16-15(22-14-5-3-2-4-13(14)20)23-17-18(24-16)27-30-26-17/h2-10H,1H3,(H,22,23,26)(H,24,25,27). The summed E-state index contributed by atoms with van der Waals surface area (Å²) in [6.07, 6.45) is 1.51. The predicted octanol–water partition coefficient (Wildman–Crippen LogP) is 3.13. The van der Waals surface area contributed by atoms with Gasteiger partial charge >= 0.3 is 5.97 Å². The van der Waals surface area contributed by atoms with E-state index >= 15 is 0 Å². The number of hydrazone groups is 1. The number of halogens is 1. The molecule has 0 amide bonds. The van der Waals surface area contributed by atoms with Gasteiger partial charge in [-0.3, -0.25) is 5.43 Å². The first-order valence-electron chi connectivity index (χ1n) is 8.63. The number of para-hydroxylation sites is 1. The topological polar surface area (TPSA) is 127 Å². The van der Waals surface area contributed by atoms with E-state index in [0.29, 0.717) is 5.56 Å². The van der Waals surface area contributed by atoms with E-state index in [-0.39, 0.29) is 28.6 Å². The van der Waals surface area contributed by atoms with Crippen LogP contribution in [-0.4, -0.2) is 39.6 Å². The Bertz CT molecular complexity index is 1220. The molecule has 0 saturated carbocycles. The largest absolute Gasteiger partial charge is 0.465 e. The maximum Gasteiger partial charge on any atom is 0.337 e. The van der Waals surface area contributed by atoms with Gasteiger partial charge in [-0.15, -0.1) is 0 Å². The first-order valence-corrected chi connectivity index (χ1v) is 8.63. The van der Waals surface area contributed by atoms with E-state index in [1.165, 1.54) is 19.4 Å². The molecule has 0 fully saturated rings. The molecule has 2 aromatic carbocycles. The van der Waals surface area contributed by atoms with Crippen LogP contribution in [0.2, 0.25) is 0 Å². The maximum absolute atomic E-state index is 14.0. The molecule has 0 aliphatic rings. The van der Waals surface area contributed by atoms with E-state index in [1.54, 1.807) is 42.5 Å². The van der Waals surface area contributed by atoms with Crippen LogP contribution in [0.4, 0.5) is 21.7 Å². The fourth-order valence-corrected chi connectivity index (χ4v) is 2.48. The number of nitrogens with zero attached hydrogens (tertiary/aromatic N) is 5. The zero-order chi connectivity index (χ0) is 20.9.